The highest BCUT2D eigenvalue weighted by Gasteiger charge is 2.45. The molecular formula is C14H16NO8-. The van der Waals surface area contributed by atoms with Gasteiger partial charge in [-0.25, -0.2) is 0 Å². The predicted molar refractivity (Wildman–Crippen MR) is 73.1 cm³/mol. The summed E-state index contributed by atoms with van der Waals surface area (Å²) >= 11 is 0. The summed E-state index contributed by atoms with van der Waals surface area (Å²) in [6.07, 6.45) is -8.61. The molecule has 1 amide bonds. The van der Waals surface area contributed by atoms with E-state index in [2.05, 4.69) is 5.32 Å². The summed E-state index contributed by atoms with van der Waals surface area (Å²) in [5.74, 6) is -1.79. The normalized spacial score (nSPS) is 30.5. The second-order valence-corrected chi connectivity index (χ2v) is 5.04. The fraction of sp³-hybridized carbons (Fsp3) is 0.429. The summed E-state index contributed by atoms with van der Waals surface area (Å²) < 4.78 is 10.2. The molecule has 1 heterocycles. The zero-order valence-corrected chi connectivity index (χ0v) is 12.1. The molecule has 1 aliphatic heterocycles. The zero-order valence-electron chi connectivity index (χ0n) is 12.1. The van der Waals surface area contributed by atoms with Gasteiger partial charge in [-0.3, -0.25) is 4.79 Å². The standard InChI is InChI=1S/C14H17NO8/c1-6(16)15-7-2-4-8(5-3-7)22-14-11(19)9(17)10(18)12(23-14)13(20)21/h2-5,9-12,14,17-19H,1H3,(H,15,16)(H,20,21)/p-1/t9-,10+,11+,12-,14-/m1/s1. The van der Waals surface area contributed by atoms with Gasteiger partial charge in [0.2, 0.25) is 12.2 Å². The van der Waals surface area contributed by atoms with Crippen molar-refractivity contribution in [2.45, 2.75) is 37.6 Å². The molecule has 4 N–H and O–H groups in total. The summed E-state index contributed by atoms with van der Waals surface area (Å²) in [5.41, 5.74) is 0.512. The molecule has 1 aromatic rings. The van der Waals surface area contributed by atoms with E-state index < -0.39 is 36.7 Å². The number of hydrogen-bond acceptors (Lipinski definition) is 8. The number of carbonyl (C=O) groups excluding carboxylic acids is 2. The number of benzene rings is 1. The molecule has 0 unspecified atom stereocenters. The van der Waals surface area contributed by atoms with Crippen LogP contribution in [0.2, 0.25) is 0 Å². The monoisotopic (exact) mass is 326 g/mol. The Morgan fingerprint density at radius 2 is 1.74 bits per heavy atom. The van der Waals surface area contributed by atoms with Crippen molar-refractivity contribution >= 4 is 17.6 Å². The molecule has 0 aromatic heterocycles. The zero-order chi connectivity index (χ0) is 17.1. The smallest absolute Gasteiger partial charge is 0.229 e. The van der Waals surface area contributed by atoms with Crippen molar-refractivity contribution < 1.29 is 39.5 Å². The maximum absolute atomic E-state index is 10.9. The number of aliphatic hydroxyl groups excluding tert-OH is 3. The van der Waals surface area contributed by atoms with E-state index in [-0.39, 0.29) is 11.7 Å². The molecule has 0 aliphatic carbocycles. The van der Waals surface area contributed by atoms with E-state index in [0.717, 1.165) is 0 Å². The fourth-order valence-corrected chi connectivity index (χ4v) is 2.09. The van der Waals surface area contributed by atoms with Crippen LogP contribution >= 0.6 is 0 Å². The minimum atomic E-state index is -1.84. The average molecular weight is 326 g/mol. The lowest BCUT2D eigenvalue weighted by Gasteiger charge is -2.40. The lowest BCUT2D eigenvalue weighted by atomic mass is 9.99. The SMILES string of the molecule is CC(=O)Nc1ccc(O[C@@H]2O[C@@H](C(=O)[O-])[C@@H](O)[C@@H](O)[C@@H]2O)cc1. The van der Waals surface area contributed by atoms with Gasteiger partial charge in [-0.15, -0.1) is 0 Å². The molecule has 0 radical (unpaired) electrons. The van der Waals surface area contributed by atoms with Crippen LogP contribution < -0.4 is 15.2 Å². The van der Waals surface area contributed by atoms with Crippen LogP contribution in [0.4, 0.5) is 5.69 Å². The van der Waals surface area contributed by atoms with Crippen LogP contribution in [0.5, 0.6) is 5.75 Å². The van der Waals surface area contributed by atoms with E-state index in [1.54, 1.807) is 0 Å². The number of anilines is 1. The summed E-state index contributed by atoms with van der Waals surface area (Å²) in [7, 11) is 0. The number of amides is 1. The van der Waals surface area contributed by atoms with E-state index in [0.29, 0.717) is 5.69 Å². The Balaban J connectivity index is 2.08. The Kier molecular flexibility index (Phi) is 5.16. The highest BCUT2D eigenvalue weighted by Crippen LogP contribution is 2.25. The number of aliphatic carboxylic acids is 1. The van der Waals surface area contributed by atoms with Gasteiger partial charge in [0.25, 0.3) is 0 Å². The Morgan fingerprint density at radius 3 is 2.26 bits per heavy atom. The molecule has 0 saturated carbocycles. The largest absolute Gasteiger partial charge is 0.547 e. The van der Waals surface area contributed by atoms with Gasteiger partial charge < -0.3 is 40.0 Å². The van der Waals surface area contributed by atoms with Gasteiger partial charge in [-0.2, -0.15) is 0 Å². The van der Waals surface area contributed by atoms with Gasteiger partial charge in [-0.1, -0.05) is 0 Å². The molecule has 1 aliphatic rings. The first-order valence-electron chi connectivity index (χ1n) is 6.74. The highest BCUT2D eigenvalue weighted by molar-refractivity contribution is 5.88. The molecule has 1 saturated heterocycles. The van der Waals surface area contributed by atoms with Gasteiger partial charge in [0.1, 0.15) is 30.2 Å². The molecule has 5 atom stereocenters. The second kappa shape index (κ2) is 6.92. The third kappa shape index (κ3) is 3.96. The number of ether oxygens (including phenoxy) is 2. The third-order valence-electron chi connectivity index (χ3n) is 3.23. The first-order chi connectivity index (χ1) is 10.8. The number of carbonyl (C=O) groups is 2. The van der Waals surface area contributed by atoms with Gasteiger partial charge in [0, 0.05) is 12.6 Å². The van der Waals surface area contributed by atoms with Crippen LogP contribution in [0.1, 0.15) is 6.92 Å². The van der Waals surface area contributed by atoms with Crippen LogP contribution in [0.3, 0.4) is 0 Å². The second-order valence-electron chi connectivity index (χ2n) is 5.04. The maximum atomic E-state index is 10.9. The van der Waals surface area contributed by atoms with Crippen molar-refractivity contribution in [2.75, 3.05) is 5.32 Å². The molecule has 2 rings (SSSR count). The summed E-state index contributed by atoms with van der Waals surface area (Å²) in [6, 6.07) is 5.94. The minimum absolute atomic E-state index is 0.198. The van der Waals surface area contributed by atoms with Gasteiger partial charge in [0.15, 0.2) is 0 Å². The number of carboxylic acid groups (broad SMARTS) is 1. The molecule has 0 bridgehead atoms. The Bertz CT molecular complexity index is 575. The maximum Gasteiger partial charge on any atom is 0.229 e. The average Bonchev–Trinajstić information content (AvgIpc) is 2.48. The van der Waals surface area contributed by atoms with E-state index >= 15 is 0 Å². The van der Waals surface area contributed by atoms with Gasteiger partial charge in [-0.05, 0) is 24.3 Å². The summed E-state index contributed by atoms with van der Waals surface area (Å²) in [5, 5.41) is 42.4. The van der Waals surface area contributed by atoms with Crippen molar-refractivity contribution in [2.24, 2.45) is 0 Å². The van der Waals surface area contributed by atoms with Crippen LogP contribution in [-0.4, -0.2) is 57.9 Å². The van der Waals surface area contributed by atoms with Crippen molar-refractivity contribution in [1.29, 1.82) is 0 Å². The highest BCUT2D eigenvalue weighted by atomic mass is 16.7. The third-order valence-corrected chi connectivity index (χ3v) is 3.23. The Labute approximate surface area is 131 Å². The topological polar surface area (TPSA) is 148 Å². The first kappa shape index (κ1) is 17.2. The van der Waals surface area contributed by atoms with Crippen molar-refractivity contribution in [1.82, 2.24) is 0 Å². The molecule has 0 spiro atoms. The van der Waals surface area contributed by atoms with Crippen LogP contribution in [0.15, 0.2) is 24.3 Å². The molecule has 23 heavy (non-hydrogen) atoms. The van der Waals surface area contributed by atoms with Crippen LogP contribution in [-0.2, 0) is 14.3 Å². The number of rotatable bonds is 4. The molecule has 1 fully saturated rings. The van der Waals surface area contributed by atoms with Gasteiger partial charge >= 0.3 is 0 Å². The van der Waals surface area contributed by atoms with Crippen molar-refractivity contribution in [3.63, 3.8) is 0 Å². The molecule has 126 valence electrons. The Hall–Kier alpha value is -2.20. The minimum Gasteiger partial charge on any atom is -0.547 e. The quantitative estimate of drug-likeness (QED) is 0.478. The van der Waals surface area contributed by atoms with Crippen LogP contribution in [0, 0.1) is 0 Å². The lowest BCUT2D eigenvalue weighted by molar-refractivity contribution is -0.342. The van der Waals surface area contributed by atoms with E-state index in [4.69, 9.17) is 9.47 Å². The van der Waals surface area contributed by atoms with Crippen molar-refractivity contribution in [3.05, 3.63) is 24.3 Å². The molecule has 1 aromatic carbocycles. The molecular weight excluding hydrogens is 310 g/mol. The number of carboxylic acids is 1. The van der Waals surface area contributed by atoms with E-state index in [1.807, 2.05) is 0 Å². The van der Waals surface area contributed by atoms with Gasteiger partial charge in [0.05, 0.1) is 5.97 Å². The molecule has 9 heteroatoms. The lowest BCUT2D eigenvalue weighted by Crippen LogP contribution is -2.63. The fourth-order valence-electron chi connectivity index (χ4n) is 2.09. The van der Waals surface area contributed by atoms with Crippen molar-refractivity contribution in [3.8, 4) is 5.75 Å². The predicted octanol–water partition coefficient (Wildman–Crippen LogP) is -2.42. The number of hydrogen-bond donors (Lipinski definition) is 4. The molecule has 9 nitrogen and oxygen atoms in total. The van der Waals surface area contributed by atoms with Crippen LogP contribution in [0.25, 0.3) is 0 Å². The summed E-state index contributed by atoms with van der Waals surface area (Å²) in [6.45, 7) is 1.35. The van der Waals surface area contributed by atoms with E-state index in [1.165, 1.54) is 31.2 Å². The summed E-state index contributed by atoms with van der Waals surface area (Å²) in [4.78, 5) is 21.8. The number of nitrogens with one attached hydrogen (secondary N) is 1. The van der Waals surface area contributed by atoms with E-state index in [9.17, 15) is 30.0 Å². The Morgan fingerprint density at radius 1 is 1.13 bits per heavy atom. The number of aliphatic hydroxyl groups is 3. The first-order valence-corrected chi connectivity index (χ1v) is 6.74.